The second-order valence-electron chi connectivity index (χ2n) is 5.87. The summed E-state index contributed by atoms with van der Waals surface area (Å²) in [6, 6.07) is 9.45. The number of hydrogen-bond acceptors (Lipinski definition) is 3. The standard InChI is InChI=1S/C17H19N3S/c1-12-8-19-20(10-12)11-15-14-4-2-3-5-16(14)21-17(15)9-18-13-6-7-13/h2-5,8,10,13,18H,6-7,9,11H2,1H3. The topological polar surface area (TPSA) is 29.9 Å². The van der Waals surface area contributed by atoms with Crippen molar-refractivity contribution in [1.82, 2.24) is 15.1 Å². The highest BCUT2D eigenvalue weighted by atomic mass is 32.1. The molecule has 21 heavy (non-hydrogen) atoms. The third-order valence-electron chi connectivity index (χ3n) is 3.99. The predicted molar refractivity (Wildman–Crippen MR) is 87.8 cm³/mol. The minimum Gasteiger partial charge on any atom is -0.309 e. The van der Waals surface area contributed by atoms with Crippen molar-refractivity contribution >= 4 is 21.4 Å². The van der Waals surface area contributed by atoms with E-state index in [0.29, 0.717) is 0 Å². The summed E-state index contributed by atoms with van der Waals surface area (Å²) in [5, 5.41) is 9.47. The maximum Gasteiger partial charge on any atom is 0.0676 e. The zero-order valence-electron chi connectivity index (χ0n) is 12.2. The lowest BCUT2D eigenvalue weighted by Gasteiger charge is -2.06. The van der Waals surface area contributed by atoms with Gasteiger partial charge in [0.2, 0.25) is 0 Å². The molecule has 0 bridgehead atoms. The molecule has 2 heterocycles. The van der Waals surface area contributed by atoms with Crippen LogP contribution in [-0.4, -0.2) is 15.8 Å². The van der Waals surface area contributed by atoms with Gasteiger partial charge in [-0.2, -0.15) is 5.10 Å². The van der Waals surface area contributed by atoms with Crippen molar-refractivity contribution in [3.8, 4) is 0 Å². The Morgan fingerprint density at radius 1 is 1.33 bits per heavy atom. The van der Waals surface area contributed by atoms with Gasteiger partial charge in [-0.05, 0) is 42.3 Å². The molecule has 3 nitrogen and oxygen atoms in total. The van der Waals surface area contributed by atoms with Crippen LogP contribution in [-0.2, 0) is 13.1 Å². The Bertz CT molecular complexity index is 767. The fraction of sp³-hybridized carbons (Fsp3) is 0.353. The first-order chi connectivity index (χ1) is 10.3. The quantitative estimate of drug-likeness (QED) is 0.778. The predicted octanol–water partition coefficient (Wildman–Crippen LogP) is 3.71. The van der Waals surface area contributed by atoms with Crippen LogP contribution in [0.4, 0.5) is 0 Å². The molecule has 1 N–H and O–H groups in total. The first kappa shape index (κ1) is 13.0. The maximum atomic E-state index is 4.45. The van der Waals surface area contributed by atoms with Gasteiger partial charge in [-0.1, -0.05) is 18.2 Å². The van der Waals surface area contributed by atoms with E-state index in [1.165, 1.54) is 38.9 Å². The number of rotatable bonds is 5. The van der Waals surface area contributed by atoms with Crippen LogP contribution in [0, 0.1) is 6.92 Å². The molecule has 0 spiro atoms. The molecule has 3 aromatic rings. The summed E-state index contributed by atoms with van der Waals surface area (Å²) in [7, 11) is 0. The van der Waals surface area contributed by atoms with Crippen LogP contribution in [0.1, 0.15) is 28.8 Å². The normalized spacial score (nSPS) is 14.9. The van der Waals surface area contributed by atoms with Gasteiger partial charge in [-0.25, -0.2) is 0 Å². The summed E-state index contributed by atoms with van der Waals surface area (Å²) in [6.45, 7) is 3.93. The van der Waals surface area contributed by atoms with E-state index in [2.05, 4.69) is 47.8 Å². The van der Waals surface area contributed by atoms with Crippen molar-refractivity contribution in [2.45, 2.75) is 38.9 Å². The number of aromatic nitrogens is 2. The Morgan fingerprint density at radius 3 is 2.95 bits per heavy atom. The first-order valence-electron chi connectivity index (χ1n) is 7.51. The van der Waals surface area contributed by atoms with Gasteiger partial charge in [0, 0.05) is 28.4 Å². The molecule has 1 fully saturated rings. The number of hydrogen-bond donors (Lipinski definition) is 1. The van der Waals surface area contributed by atoms with Gasteiger partial charge in [-0.15, -0.1) is 11.3 Å². The van der Waals surface area contributed by atoms with Gasteiger partial charge in [0.05, 0.1) is 12.7 Å². The molecule has 0 radical (unpaired) electrons. The van der Waals surface area contributed by atoms with Gasteiger partial charge in [0.15, 0.2) is 0 Å². The zero-order chi connectivity index (χ0) is 14.2. The summed E-state index contributed by atoms with van der Waals surface area (Å²) in [5.74, 6) is 0. The largest absolute Gasteiger partial charge is 0.309 e. The number of aryl methyl sites for hydroxylation is 1. The van der Waals surface area contributed by atoms with Gasteiger partial charge in [0.25, 0.3) is 0 Å². The Morgan fingerprint density at radius 2 is 2.19 bits per heavy atom. The van der Waals surface area contributed by atoms with Crippen molar-refractivity contribution in [3.05, 3.63) is 52.7 Å². The molecule has 0 amide bonds. The van der Waals surface area contributed by atoms with Crippen LogP contribution in [0.15, 0.2) is 36.7 Å². The molecule has 4 heteroatoms. The number of thiophene rings is 1. The molecule has 1 aromatic carbocycles. The van der Waals surface area contributed by atoms with Crippen LogP contribution in [0.2, 0.25) is 0 Å². The summed E-state index contributed by atoms with van der Waals surface area (Å²) < 4.78 is 3.42. The lowest BCUT2D eigenvalue weighted by molar-refractivity contribution is 0.663. The molecule has 1 aliphatic rings. The first-order valence-corrected chi connectivity index (χ1v) is 8.33. The van der Waals surface area contributed by atoms with Crippen molar-refractivity contribution < 1.29 is 0 Å². The number of benzene rings is 1. The Labute approximate surface area is 128 Å². The molecular weight excluding hydrogens is 278 g/mol. The average molecular weight is 297 g/mol. The molecule has 4 rings (SSSR count). The highest BCUT2D eigenvalue weighted by Gasteiger charge is 2.21. The third-order valence-corrected chi connectivity index (χ3v) is 5.21. The minimum atomic E-state index is 0.745. The highest BCUT2D eigenvalue weighted by Crippen LogP contribution is 2.32. The molecule has 2 aromatic heterocycles. The molecule has 1 aliphatic carbocycles. The van der Waals surface area contributed by atoms with Crippen LogP contribution in [0.5, 0.6) is 0 Å². The Kier molecular flexibility index (Phi) is 3.28. The molecular formula is C17H19N3S. The van der Waals surface area contributed by atoms with Crippen molar-refractivity contribution in [1.29, 1.82) is 0 Å². The Balaban J connectivity index is 1.70. The van der Waals surface area contributed by atoms with E-state index in [0.717, 1.165) is 19.1 Å². The third kappa shape index (κ3) is 2.74. The van der Waals surface area contributed by atoms with Crippen LogP contribution < -0.4 is 5.32 Å². The van der Waals surface area contributed by atoms with E-state index in [1.54, 1.807) is 0 Å². The van der Waals surface area contributed by atoms with Crippen molar-refractivity contribution in [2.24, 2.45) is 0 Å². The van der Waals surface area contributed by atoms with E-state index in [1.807, 2.05) is 22.2 Å². The average Bonchev–Trinajstić information content (AvgIpc) is 3.14. The SMILES string of the molecule is Cc1cnn(Cc2c(CNC3CC3)sc3ccccc23)c1. The summed E-state index contributed by atoms with van der Waals surface area (Å²) in [4.78, 5) is 1.45. The molecule has 0 saturated heterocycles. The van der Waals surface area contributed by atoms with Crippen molar-refractivity contribution in [2.75, 3.05) is 0 Å². The zero-order valence-corrected chi connectivity index (χ0v) is 13.0. The van der Waals surface area contributed by atoms with Gasteiger partial charge < -0.3 is 5.32 Å². The highest BCUT2D eigenvalue weighted by molar-refractivity contribution is 7.19. The van der Waals surface area contributed by atoms with E-state index >= 15 is 0 Å². The maximum absolute atomic E-state index is 4.45. The van der Waals surface area contributed by atoms with Crippen LogP contribution in [0.25, 0.3) is 10.1 Å². The summed E-state index contributed by atoms with van der Waals surface area (Å²) >= 11 is 1.92. The van der Waals surface area contributed by atoms with E-state index in [4.69, 9.17) is 0 Å². The number of fused-ring (bicyclic) bond motifs is 1. The smallest absolute Gasteiger partial charge is 0.0676 e. The monoisotopic (exact) mass is 297 g/mol. The Hall–Kier alpha value is -1.65. The minimum absolute atomic E-state index is 0.745. The molecule has 0 unspecified atom stereocenters. The fourth-order valence-corrected chi connectivity index (χ4v) is 3.87. The summed E-state index contributed by atoms with van der Waals surface area (Å²) in [5.41, 5.74) is 2.64. The fourth-order valence-electron chi connectivity index (χ4n) is 2.71. The molecule has 0 atom stereocenters. The number of nitrogens with one attached hydrogen (secondary N) is 1. The van der Waals surface area contributed by atoms with E-state index in [-0.39, 0.29) is 0 Å². The van der Waals surface area contributed by atoms with E-state index in [9.17, 15) is 0 Å². The molecule has 108 valence electrons. The van der Waals surface area contributed by atoms with E-state index < -0.39 is 0 Å². The lowest BCUT2D eigenvalue weighted by atomic mass is 10.1. The second kappa shape index (κ2) is 5.28. The van der Waals surface area contributed by atoms with Gasteiger partial charge >= 0.3 is 0 Å². The summed E-state index contributed by atoms with van der Waals surface area (Å²) in [6.07, 6.45) is 6.71. The van der Waals surface area contributed by atoms with Gasteiger partial charge in [-0.3, -0.25) is 4.68 Å². The molecule has 1 saturated carbocycles. The van der Waals surface area contributed by atoms with Crippen molar-refractivity contribution in [3.63, 3.8) is 0 Å². The van der Waals surface area contributed by atoms with Crippen LogP contribution in [0.3, 0.4) is 0 Å². The molecule has 0 aliphatic heterocycles. The second-order valence-corrected chi connectivity index (χ2v) is 7.01. The lowest BCUT2D eigenvalue weighted by Crippen LogP contribution is -2.16. The number of nitrogens with zero attached hydrogens (tertiary/aromatic N) is 2. The van der Waals surface area contributed by atoms with Crippen LogP contribution >= 0.6 is 11.3 Å². The van der Waals surface area contributed by atoms with Gasteiger partial charge in [0.1, 0.15) is 0 Å².